The van der Waals surface area contributed by atoms with Crippen LogP contribution < -0.4 is 7.53 Å². The van der Waals surface area contributed by atoms with Crippen LogP contribution in [0.3, 0.4) is 0 Å². The predicted octanol–water partition coefficient (Wildman–Crippen LogP) is 8.05. The Morgan fingerprint density at radius 3 is 1.06 bits per heavy atom. The van der Waals surface area contributed by atoms with Gasteiger partial charge in [-0.3, -0.25) is 0 Å². The molecule has 2 aromatic carbocycles. The van der Waals surface area contributed by atoms with Crippen molar-refractivity contribution < 1.29 is 7.53 Å². The van der Waals surface area contributed by atoms with Crippen LogP contribution in [-0.2, 0) is 25.7 Å². The second-order valence-corrected chi connectivity index (χ2v) is 9.72. The van der Waals surface area contributed by atoms with Crippen LogP contribution in [0.4, 0.5) is 0 Å². The van der Waals surface area contributed by atoms with Crippen molar-refractivity contribution in [3.05, 3.63) is 58.7 Å². The summed E-state index contributed by atoms with van der Waals surface area (Å²) in [6.07, 6.45) is 14.0. The third-order valence-corrected chi connectivity index (χ3v) is 7.05. The average Bonchev–Trinajstić information content (AvgIpc) is 2.80. The Kier molecular flexibility index (Phi) is 12.8. The van der Waals surface area contributed by atoms with Crippen molar-refractivity contribution in [2.45, 2.75) is 105 Å². The molecule has 0 bridgehead atoms. The van der Waals surface area contributed by atoms with Crippen LogP contribution in [-0.4, -0.2) is 16.1 Å². The van der Waals surface area contributed by atoms with Crippen molar-refractivity contribution in [2.75, 3.05) is 0 Å². The van der Waals surface area contributed by atoms with Gasteiger partial charge in [0.15, 0.2) is 0 Å². The van der Waals surface area contributed by atoms with E-state index in [1.807, 2.05) is 0 Å². The first-order valence-electron chi connectivity index (χ1n) is 12.5. The molecule has 2 rings (SSSR count). The summed E-state index contributed by atoms with van der Waals surface area (Å²) in [5, 5.41) is 0. The molecular formula is C28H42GeO2. The van der Waals surface area contributed by atoms with Gasteiger partial charge in [0.25, 0.3) is 0 Å². The van der Waals surface area contributed by atoms with E-state index < -0.39 is 16.1 Å². The van der Waals surface area contributed by atoms with E-state index >= 15 is 0 Å². The van der Waals surface area contributed by atoms with Gasteiger partial charge in [-0.1, -0.05) is 0 Å². The topological polar surface area (TPSA) is 18.5 Å². The second kappa shape index (κ2) is 15.4. The van der Waals surface area contributed by atoms with Gasteiger partial charge in [0.05, 0.1) is 0 Å². The van der Waals surface area contributed by atoms with E-state index in [1.54, 1.807) is 0 Å². The van der Waals surface area contributed by atoms with Crippen LogP contribution in [0.2, 0.25) is 0 Å². The zero-order chi connectivity index (χ0) is 22.3. The first-order valence-corrected chi connectivity index (χ1v) is 14.3. The van der Waals surface area contributed by atoms with Gasteiger partial charge in [-0.2, -0.15) is 0 Å². The molecule has 0 N–H and O–H groups in total. The summed E-state index contributed by atoms with van der Waals surface area (Å²) in [6.45, 7) is 9.01. The van der Waals surface area contributed by atoms with Crippen molar-refractivity contribution in [1.29, 1.82) is 0 Å². The monoisotopic (exact) mass is 484 g/mol. The van der Waals surface area contributed by atoms with E-state index in [0.717, 1.165) is 37.2 Å². The summed E-state index contributed by atoms with van der Waals surface area (Å²) >= 11 is -1.02. The minimum atomic E-state index is -1.02. The fourth-order valence-corrected chi connectivity index (χ4v) is 5.44. The average molecular weight is 483 g/mol. The number of unbranched alkanes of at least 4 members (excludes halogenated alkanes) is 4. The quantitative estimate of drug-likeness (QED) is 0.225. The van der Waals surface area contributed by atoms with E-state index in [9.17, 15) is 0 Å². The van der Waals surface area contributed by atoms with Gasteiger partial charge in [0.1, 0.15) is 0 Å². The normalized spacial score (nSPS) is 11.0. The van der Waals surface area contributed by atoms with Crippen molar-refractivity contribution in [3.8, 4) is 11.5 Å². The maximum atomic E-state index is 6.49. The van der Waals surface area contributed by atoms with Crippen LogP contribution in [0.15, 0.2) is 36.4 Å². The number of para-hydroxylation sites is 2. The SMILES string of the molecule is CCCCc1cccc(CCCC)c1[O][Ge][O]c1c(CCCC)cccc1CCCC. The molecule has 2 nitrogen and oxygen atoms in total. The molecule has 3 heteroatoms. The van der Waals surface area contributed by atoms with Gasteiger partial charge < -0.3 is 0 Å². The predicted molar refractivity (Wildman–Crippen MR) is 134 cm³/mol. The van der Waals surface area contributed by atoms with Crippen LogP contribution in [0.1, 0.15) is 101 Å². The Bertz CT molecular complexity index is 641. The van der Waals surface area contributed by atoms with Gasteiger partial charge in [0.2, 0.25) is 0 Å². The molecule has 0 atom stereocenters. The molecule has 31 heavy (non-hydrogen) atoms. The van der Waals surface area contributed by atoms with E-state index in [1.165, 1.54) is 73.6 Å². The van der Waals surface area contributed by atoms with Crippen LogP contribution >= 0.6 is 0 Å². The fraction of sp³-hybridized carbons (Fsp3) is 0.571. The van der Waals surface area contributed by atoms with E-state index in [2.05, 4.69) is 64.1 Å². The number of hydrogen-bond donors (Lipinski definition) is 0. The molecule has 0 spiro atoms. The van der Waals surface area contributed by atoms with Crippen LogP contribution in [0.25, 0.3) is 0 Å². The van der Waals surface area contributed by atoms with Crippen LogP contribution in [0.5, 0.6) is 11.5 Å². The van der Waals surface area contributed by atoms with E-state index in [4.69, 9.17) is 7.53 Å². The Hall–Kier alpha value is -1.42. The zero-order valence-electron chi connectivity index (χ0n) is 20.3. The van der Waals surface area contributed by atoms with Gasteiger partial charge in [-0.15, -0.1) is 0 Å². The third-order valence-electron chi connectivity index (χ3n) is 5.84. The Balaban J connectivity index is 2.19. The number of benzene rings is 2. The third kappa shape index (κ3) is 8.56. The number of aryl methyl sites for hydroxylation is 4. The standard InChI is InChI=1S/C28H42GeO2/c1-5-9-15-23-19-13-20-24(16-10-6-2)27(23)30-29-31-28-25(17-11-7-3)21-14-22-26(28)18-12-8-4/h13-14,19-22H,5-12,15-18H2,1-4H3. The molecule has 2 aromatic rings. The molecule has 0 unspecified atom stereocenters. The molecule has 0 amide bonds. The Labute approximate surface area is 198 Å². The van der Waals surface area contributed by atoms with Crippen LogP contribution in [0, 0.1) is 0 Å². The summed E-state index contributed by atoms with van der Waals surface area (Å²) in [6, 6.07) is 13.4. The molecular weight excluding hydrogens is 441 g/mol. The Morgan fingerprint density at radius 1 is 0.516 bits per heavy atom. The Morgan fingerprint density at radius 2 is 0.806 bits per heavy atom. The molecule has 0 aliphatic heterocycles. The molecule has 0 heterocycles. The maximum absolute atomic E-state index is 6.49. The second-order valence-electron chi connectivity index (χ2n) is 8.51. The molecule has 170 valence electrons. The molecule has 2 radical (unpaired) electrons. The van der Waals surface area contributed by atoms with Crippen molar-refractivity contribution in [3.63, 3.8) is 0 Å². The molecule has 0 aliphatic rings. The molecule has 0 saturated heterocycles. The summed E-state index contributed by atoms with van der Waals surface area (Å²) in [4.78, 5) is 0. The molecule has 0 aliphatic carbocycles. The van der Waals surface area contributed by atoms with Crippen molar-refractivity contribution in [1.82, 2.24) is 0 Å². The van der Waals surface area contributed by atoms with E-state index in [0.29, 0.717) is 0 Å². The minimum absolute atomic E-state index is 1.02. The van der Waals surface area contributed by atoms with E-state index in [-0.39, 0.29) is 0 Å². The van der Waals surface area contributed by atoms with Gasteiger partial charge >= 0.3 is 199 Å². The fourth-order valence-electron chi connectivity index (χ4n) is 3.90. The zero-order valence-corrected chi connectivity index (χ0v) is 22.4. The van der Waals surface area contributed by atoms with Gasteiger partial charge in [-0.05, 0) is 0 Å². The summed E-state index contributed by atoms with van der Waals surface area (Å²) < 4.78 is 13.0. The number of hydrogen-bond acceptors (Lipinski definition) is 2. The first-order chi connectivity index (χ1) is 15.2. The molecule has 0 aromatic heterocycles. The van der Waals surface area contributed by atoms with Crippen molar-refractivity contribution >= 4 is 16.1 Å². The summed E-state index contributed by atoms with van der Waals surface area (Å²) in [5.74, 6) is 2.23. The molecule has 0 fully saturated rings. The first kappa shape index (κ1) is 25.8. The number of rotatable bonds is 16. The summed E-state index contributed by atoms with van der Waals surface area (Å²) in [7, 11) is 0. The van der Waals surface area contributed by atoms with Gasteiger partial charge in [-0.25, -0.2) is 0 Å². The summed E-state index contributed by atoms with van der Waals surface area (Å²) in [5.41, 5.74) is 5.42. The molecule has 0 saturated carbocycles. The van der Waals surface area contributed by atoms with Crippen molar-refractivity contribution in [2.24, 2.45) is 0 Å². The van der Waals surface area contributed by atoms with Gasteiger partial charge in [0, 0.05) is 0 Å².